The molecule has 1 aromatic heterocycles. The Balaban J connectivity index is 1.55. The first kappa shape index (κ1) is 24.6. The number of hydrogen-bond acceptors (Lipinski definition) is 6. The number of para-hydroxylation sites is 2. The minimum Gasteiger partial charge on any atom is -0.495 e. The van der Waals surface area contributed by atoms with Crippen molar-refractivity contribution < 1.29 is 26.9 Å². The van der Waals surface area contributed by atoms with Crippen LogP contribution in [0.5, 0.6) is 5.75 Å². The number of hydrogen-bond donors (Lipinski definition) is 1. The van der Waals surface area contributed by atoms with Crippen LogP contribution in [0.2, 0.25) is 0 Å². The van der Waals surface area contributed by atoms with E-state index in [0.717, 1.165) is 0 Å². The van der Waals surface area contributed by atoms with Gasteiger partial charge < -0.3 is 14.6 Å². The van der Waals surface area contributed by atoms with Gasteiger partial charge in [-0.15, -0.1) is 0 Å². The lowest BCUT2D eigenvalue weighted by atomic mass is 9.98. The number of anilines is 1. The van der Waals surface area contributed by atoms with E-state index in [1.54, 1.807) is 42.5 Å². The van der Waals surface area contributed by atoms with Crippen LogP contribution in [0.25, 0.3) is 12.2 Å². The highest BCUT2D eigenvalue weighted by atomic mass is 32.2. The summed E-state index contributed by atoms with van der Waals surface area (Å²) in [5, 5.41) is 6.66. The number of methoxy groups -OCH3 is 1. The first-order chi connectivity index (χ1) is 16.8. The Morgan fingerprint density at radius 1 is 1.20 bits per heavy atom. The summed E-state index contributed by atoms with van der Waals surface area (Å²) >= 11 is 0. The van der Waals surface area contributed by atoms with E-state index in [2.05, 4.69) is 10.5 Å². The van der Waals surface area contributed by atoms with Gasteiger partial charge in [-0.2, -0.15) is 4.31 Å². The Morgan fingerprint density at radius 2 is 1.94 bits per heavy atom. The summed E-state index contributed by atoms with van der Waals surface area (Å²) in [6, 6.07) is 13.2. The summed E-state index contributed by atoms with van der Waals surface area (Å²) in [7, 11) is -2.51. The highest BCUT2D eigenvalue weighted by Crippen LogP contribution is 2.30. The molecule has 1 atom stereocenters. The van der Waals surface area contributed by atoms with E-state index in [1.165, 1.54) is 36.6 Å². The van der Waals surface area contributed by atoms with Crippen LogP contribution in [-0.2, 0) is 14.8 Å². The molecule has 0 bridgehead atoms. The lowest BCUT2D eigenvalue weighted by molar-refractivity contribution is -0.120. The number of aromatic nitrogens is 1. The Labute approximate surface area is 203 Å². The third kappa shape index (κ3) is 5.28. The average Bonchev–Trinajstić information content (AvgIpc) is 3.25. The van der Waals surface area contributed by atoms with Crippen LogP contribution in [-0.4, -0.2) is 44.0 Å². The van der Waals surface area contributed by atoms with Gasteiger partial charge in [-0.3, -0.25) is 4.79 Å². The van der Waals surface area contributed by atoms with Crippen LogP contribution in [0.4, 0.5) is 10.1 Å². The van der Waals surface area contributed by atoms with Crippen LogP contribution in [0, 0.1) is 18.7 Å². The van der Waals surface area contributed by atoms with Crippen LogP contribution in [0.1, 0.15) is 29.9 Å². The Morgan fingerprint density at radius 3 is 2.71 bits per heavy atom. The summed E-state index contributed by atoms with van der Waals surface area (Å²) in [6.45, 7) is 1.82. The maximum Gasteiger partial charge on any atom is 0.248 e. The van der Waals surface area contributed by atoms with E-state index in [1.807, 2.05) is 0 Å². The lowest BCUT2D eigenvalue weighted by Gasteiger charge is -2.31. The number of carbonyl (C=O) groups excluding carboxylic acids is 1. The molecule has 1 aliphatic rings. The molecule has 1 aliphatic heterocycles. The second-order valence-electron chi connectivity index (χ2n) is 8.21. The summed E-state index contributed by atoms with van der Waals surface area (Å²) in [4.78, 5) is 12.9. The molecule has 1 saturated heterocycles. The summed E-state index contributed by atoms with van der Waals surface area (Å²) in [6.07, 6.45) is 3.90. The molecule has 0 spiro atoms. The summed E-state index contributed by atoms with van der Waals surface area (Å²) in [5.41, 5.74) is 1.00. The van der Waals surface area contributed by atoms with Crippen molar-refractivity contribution in [3.05, 3.63) is 71.4 Å². The number of sulfonamides is 1. The molecule has 0 aliphatic carbocycles. The van der Waals surface area contributed by atoms with Gasteiger partial charge in [0.05, 0.1) is 18.7 Å². The molecule has 0 radical (unpaired) electrons. The van der Waals surface area contributed by atoms with Crippen molar-refractivity contribution in [2.75, 3.05) is 25.5 Å². The van der Waals surface area contributed by atoms with Gasteiger partial charge in [0.2, 0.25) is 15.9 Å². The van der Waals surface area contributed by atoms with Gasteiger partial charge in [-0.05, 0) is 50.1 Å². The molecular formula is C25H26FN3O5S. The van der Waals surface area contributed by atoms with Crippen molar-refractivity contribution in [1.82, 2.24) is 9.46 Å². The number of benzene rings is 2. The zero-order chi connectivity index (χ0) is 25.0. The quantitative estimate of drug-likeness (QED) is 0.519. The van der Waals surface area contributed by atoms with E-state index < -0.39 is 21.8 Å². The second kappa shape index (κ2) is 10.4. The number of aryl methyl sites for hydroxylation is 1. The van der Waals surface area contributed by atoms with E-state index in [-0.39, 0.29) is 40.9 Å². The molecule has 2 heterocycles. The van der Waals surface area contributed by atoms with E-state index >= 15 is 0 Å². The molecule has 0 saturated carbocycles. The fourth-order valence-electron chi connectivity index (χ4n) is 4.06. The average molecular weight is 500 g/mol. The molecule has 3 aromatic rings. The number of amides is 1. The standard InChI is InChI=1S/C25H26FN3O5S/c1-17-24(23(34-28-17)14-13-18-8-3-4-10-20(18)26)35(31,32)29-15-7-9-19(16-29)25(30)27-21-11-5-6-12-22(21)33-2/h3-6,8,10-14,19H,7,9,15-16H2,1-2H3,(H,27,30)/b14-13+. The molecule has 1 unspecified atom stereocenters. The van der Waals surface area contributed by atoms with Gasteiger partial charge in [0.15, 0.2) is 10.7 Å². The number of piperidine rings is 1. The number of nitrogens with one attached hydrogen (secondary N) is 1. The minimum atomic E-state index is -4.02. The fraction of sp³-hybridized carbons (Fsp3) is 0.280. The molecule has 4 rings (SSSR count). The van der Waals surface area contributed by atoms with Gasteiger partial charge in [0.25, 0.3) is 0 Å². The molecule has 1 N–H and O–H groups in total. The SMILES string of the molecule is COc1ccccc1NC(=O)C1CCCN(S(=O)(=O)c2c(C)noc2/C=C/c2ccccc2F)C1. The zero-order valence-corrected chi connectivity index (χ0v) is 20.2. The Hall–Kier alpha value is -3.50. The number of rotatable bonds is 7. The third-order valence-corrected chi connectivity index (χ3v) is 7.89. The van der Waals surface area contributed by atoms with Crippen molar-refractivity contribution in [3.8, 4) is 5.75 Å². The molecule has 184 valence electrons. The lowest BCUT2D eigenvalue weighted by Crippen LogP contribution is -2.43. The minimum absolute atomic E-state index is 0.00588. The van der Waals surface area contributed by atoms with E-state index in [9.17, 15) is 17.6 Å². The maximum atomic E-state index is 14.0. The normalized spacial score (nSPS) is 16.9. The van der Waals surface area contributed by atoms with Crippen molar-refractivity contribution in [2.24, 2.45) is 5.92 Å². The van der Waals surface area contributed by atoms with Crippen LogP contribution < -0.4 is 10.1 Å². The second-order valence-corrected chi connectivity index (χ2v) is 10.1. The topological polar surface area (TPSA) is 102 Å². The highest BCUT2D eigenvalue weighted by molar-refractivity contribution is 7.89. The van der Waals surface area contributed by atoms with Crippen LogP contribution in [0.15, 0.2) is 57.9 Å². The number of nitrogens with zero attached hydrogens (tertiary/aromatic N) is 2. The molecular weight excluding hydrogens is 473 g/mol. The number of ether oxygens (including phenoxy) is 1. The first-order valence-electron chi connectivity index (χ1n) is 11.1. The molecule has 10 heteroatoms. The van der Waals surface area contributed by atoms with Gasteiger partial charge in [-0.25, -0.2) is 12.8 Å². The van der Waals surface area contributed by atoms with Gasteiger partial charge >= 0.3 is 0 Å². The zero-order valence-electron chi connectivity index (χ0n) is 19.4. The number of halogens is 1. The number of carbonyl (C=O) groups is 1. The fourth-order valence-corrected chi connectivity index (χ4v) is 5.83. The van der Waals surface area contributed by atoms with E-state index in [0.29, 0.717) is 24.3 Å². The third-order valence-electron chi connectivity index (χ3n) is 5.87. The van der Waals surface area contributed by atoms with Crippen molar-refractivity contribution in [3.63, 3.8) is 0 Å². The summed E-state index contributed by atoms with van der Waals surface area (Å²) < 4.78 is 52.9. The van der Waals surface area contributed by atoms with Gasteiger partial charge in [0, 0.05) is 18.7 Å². The predicted molar refractivity (Wildman–Crippen MR) is 130 cm³/mol. The van der Waals surface area contributed by atoms with Crippen molar-refractivity contribution in [1.29, 1.82) is 0 Å². The predicted octanol–water partition coefficient (Wildman–Crippen LogP) is 4.34. The summed E-state index contributed by atoms with van der Waals surface area (Å²) in [5.74, 6) is -0.736. The smallest absolute Gasteiger partial charge is 0.248 e. The largest absolute Gasteiger partial charge is 0.495 e. The Kier molecular flexibility index (Phi) is 7.32. The van der Waals surface area contributed by atoms with Crippen molar-refractivity contribution in [2.45, 2.75) is 24.7 Å². The monoisotopic (exact) mass is 499 g/mol. The molecule has 8 nitrogen and oxygen atoms in total. The van der Waals surface area contributed by atoms with E-state index in [4.69, 9.17) is 9.26 Å². The van der Waals surface area contributed by atoms with Crippen LogP contribution >= 0.6 is 0 Å². The van der Waals surface area contributed by atoms with Gasteiger partial charge in [-0.1, -0.05) is 35.5 Å². The first-order valence-corrected chi connectivity index (χ1v) is 12.6. The van der Waals surface area contributed by atoms with Gasteiger partial charge in [0.1, 0.15) is 17.3 Å². The van der Waals surface area contributed by atoms with Crippen LogP contribution in [0.3, 0.4) is 0 Å². The highest BCUT2D eigenvalue weighted by Gasteiger charge is 2.37. The molecule has 1 amide bonds. The molecule has 1 fully saturated rings. The van der Waals surface area contributed by atoms with Crippen molar-refractivity contribution >= 4 is 33.8 Å². The molecule has 35 heavy (non-hydrogen) atoms. The maximum absolute atomic E-state index is 14.0. The molecule has 2 aromatic carbocycles. The Bertz CT molecular complexity index is 1350.